The maximum atomic E-state index is 10.1. The van der Waals surface area contributed by atoms with Gasteiger partial charge >= 0.3 is 6.01 Å². The number of halogens is 1. The topological polar surface area (TPSA) is 153 Å². The number of benzene rings is 1. The normalized spacial score (nSPS) is 14.4. The van der Waals surface area contributed by atoms with Crippen molar-refractivity contribution in [2.45, 2.75) is 40.0 Å². The third kappa shape index (κ3) is 7.57. The van der Waals surface area contributed by atoms with Gasteiger partial charge in [0.2, 0.25) is 0 Å². The van der Waals surface area contributed by atoms with Crippen LogP contribution in [0.1, 0.15) is 36.4 Å². The predicted octanol–water partition coefficient (Wildman–Crippen LogP) is 3.07. The first-order valence-corrected chi connectivity index (χ1v) is 14.3. The number of fused-ring (bicyclic) bond motifs is 1. The van der Waals surface area contributed by atoms with Crippen LogP contribution in [-0.2, 0) is 17.8 Å². The van der Waals surface area contributed by atoms with Crippen molar-refractivity contribution in [3.05, 3.63) is 63.2 Å². The Morgan fingerprint density at radius 2 is 1.98 bits per heavy atom. The minimum absolute atomic E-state index is 0.115. The fourth-order valence-corrected chi connectivity index (χ4v) is 4.83. The molecular weight excluding hydrogens is 572 g/mol. The zero-order valence-corrected chi connectivity index (χ0v) is 26.2. The standard InChI is InChI=1S/C30H39ClN8O4/c1-17(19(3)32)26(34-5)27-18(2)29(39-14-20-12-35-30(36-25(20)15-39)42-10-9-41-6)38-28(37-27)23-11-22(7-8-24(23)31)43-16-21(40)13-33-4/h7-8,11-12,21,33,40H,9-10,13-16,32H2,1-6H3/t21-/m1/s1. The Labute approximate surface area is 257 Å². The first-order chi connectivity index (χ1) is 20.7. The maximum absolute atomic E-state index is 10.1. The molecule has 12 nitrogen and oxygen atoms in total. The van der Waals surface area contributed by atoms with E-state index in [2.05, 4.69) is 25.2 Å². The summed E-state index contributed by atoms with van der Waals surface area (Å²) in [6, 6.07) is 5.57. The minimum atomic E-state index is -0.665. The van der Waals surface area contributed by atoms with Gasteiger partial charge in [0.25, 0.3) is 0 Å². The van der Waals surface area contributed by atoms with Crippen LogP contribution in [-0.4, -0.2) is 84.4 Å². The molecule has 0 saturated heterocycles. The molecule has 3 aromatic rings. The van der Waals surface area contributed by atoms with Gasteiger partial charge in [0.1, 0.15) is 30.9 Å². The fraction of sp³-hybridized carbons (Fsp3) is 0.433. The lowest BCUT2D eigenvalue weighted by molar-refractivity contribution is 0.108. The molecule has 4 N–H and O–H groups in total. The van der Waals surface area contributed by atoms with Gasteiger partial charge in [-0.15, -0.1) is 0 Å². The Kier molecular flexibility index (Phi) is 10.9. The third-order valence-electron chi connectivity index (χ3n) is 7.03. The van der Waals surface area contributed by atoms with Crippen molar-refractivity contribution in [1.82, 2.24) is 25.3 Å². The second-order valence-corrected chi connectivity index (χ2v) is 10.6. The highest BCUT2D eigenvalue weighted by Crippen LogP contribution is 2.35. The highest BCUT2D eigenvalue weighted by molar-refractivity contribution is 6.33. The van der Waals surface area contributed by atoms with E-state index >= 15 is 0 Å². The molecule has 1 aliphatic rings. The first kappa shape index (κ1) is 32.1. The van der Waals surface area contributed by atoms with Gasteiger partial charge in [0.15, 0.2) is 5.82 Å². The number of aliphatic imine (C=N–C) groups is 1. The van der Waals surface area contributed by atoms with Crippen molar-refractivity contribution in [1.29, 1.82) is 0 Å². The van der Waals surface area contributed by atoms with Crippen molar-refractivity contribution in [2.75, 3.05) is 52.5 Å². The second kappa shape index (κ2) is 14.6. The van der Waals surface area contributed by atoms with E-state index in [1.807, 2.05) is 20.8 Å². The van der Waals surface area contributed by atoms with Crippen LogP contribution in [0.15, 0.2) is 40.7 Å². The number of aliphatic hydroxyl groups excluding tert-OH is 1. The Morgan fingerprint density at radius 1 is 1.19 bits per heavy atom. The van der Waals surface area contributed by atoms with Gasteiger partial charge in [0.05, 0.1) is 35.3 Å². The Bertz CT molecular complexity index is 1510. The summed E-state index contributed by atoms with van der Waals surface area (Å²) in [7, 11) is 5.10. The number of aromatic nitrogens is 4. The molecule has 13 heteroatoms. The number of anilines is 1. The average molecular weight is 611 g/mol. The molecule has 43 heavy (non-hydrogen) atoms. The van der Waals surface area contributed by atoms with Crippen LogP contribution in [0.4, 0.5) is 5.82 Å². The highest BCUT2D eigenvalue weighted by Gasteiger charge is 2.28. The molecule has 1 aromatic carbocycles. The third-order valence-corrected chi connectivity index (χ3v) is 7.36. The van der Waals surface area contributed by atoms with Crippen molar-refractivity contribution in [3.63, 3.8) is 0 Å². The van der Waals surface area contributed by atoms with Crippen molar-refractivity contribution in [3.8, 4) is 23.1 Å². The van der Waals surface area contributed by atoms with E-state index in [-0.39, 0.29) is 6.61 Å². The van der Waals surface area contributed by atoms with Gasteiger partial charge in [-0.2, -0.15) is 4.98 Å². The number of aliphatic hydroxyl groups is 1. The van der Waals surface area contributed by atoms with E-state index in [0.717, 1.165) is 22.4 Å². The molecule has 1 atom stereocenters. The Morgan fingerprint density at radius 3 is 2.67 bits per heavy atom. The number of hydrogen-bond acceptors (Lipinski definition) is 12. The predicted molar refractivity (Wildman–Crippen MR) is 167 cm³/mol. The number of hydrogen-bond donors (Lipinski definition) is 3. The fourth-order valence-electron chi connectivity index (χ4n) is 4.62. The monoisotopic (exact) mass is 610 g/mol. The molecule has 1 aliphatic heterocycles. The van der Waals surface area contributed by atoms with Gasteiger partial charge < -0.3 is 35.3 Å². The molecule has 0 amide bonds. The van der Waals surface area contributed by atoms with Gasteiger partial charge in [-0.25, -0.2) is 15.0 Å². The zero-order chi connectivity index (χ0) is 31.1. The number of rotatable bonds is 13. The summed E-state index contributed by atoms with van der Waals surface area (Å²) >= 11 is 6.71. The van der Waals surface area contributed by atoms with Crippen LogP contribution in [0.25, 0.3) is 11.4 Å². The maximum Gasteiger partial charge on any atom is 0.316 e. The summed E-state index contributed by atoms with van der Waals surface area (Å²) in [5.41, 5.74) is 12.2. The molecule has 0 radical (unpaired) electrons. The van der Waals surface area contributed by atoms with Crippen LogP contribution in [0.2, 0.25) is 5.02 Å². The molecule has 0 aliphatic carbocycles. The number of nitrogens with zero attached hydrogens (tertiary/aromatic N) is 6. The number of likely N-dealkylation sites (N-methyl/N-ethyl adjacent to an activating group) is 1. The summed E-state index contributed by atoms with van der Waals surface area (Å²) in [6.07, 6.45) is 1.12. The van der Waals surface area contributed by atoms with E-state index < -0.39 is 6.10 Å². The molecule has 0 spiro atoms. The number of allylic oxidation sites excluding steroid dienone is 2. The summed E-state index contributed by atoms with van der Waals surface area (Å²) in [5, 5.41) is 13.5. The summed E-state index contributed by atoms with van der Waals surface area (Å²) in [4.78, 5) is 25.6. The van der Waals surface area contributed by atoms with Crippen LogP contribution in [0.3, 0.4) is 0 Å². The summed E-state index contributed by atoms with van der Waals surface area (Å²) < 4.78 is 16.5. The van der Waals surface area contributed by atoms with Crippen LogP contribution in [0.5, 0.6) is 11.8 Å². The molecule has 0 bridgehead atoms. The lowest BCUT2D eigenvalue weighted by atomic mass is 10.0. The second-order valence-electron chi connectivity index (χ2n) is 10.2. The highest BCUT2D eigenvalue weighted by atomic mass is 35.5. The van der Waals surface area contributed by atoms with E-state index in [1.165, 1.54) is 0 Å². The van der Waals surface area contributed by atoms with Crippen LogP contribution in [0, 0.1) is 6.92 Å². The average Bonchev–Trinajstić information content (AvgIpc) is 3.41. The van der Waals surface area contributed by atoms with E-state index in [0.29, 0.717) is 83.9 Å². The lowest BCUT2D eigenvalue weighted by Crippen LogP contribution is -2.29. The molecule has 0 unspecified atom stereocenters. The van der Waals surface area contributed by atoms with Crippen LogP contribution < -0.4 is 25.4 Å². The zero-order valence-electron chi connectivity index (χ0n) is 25.4. The summed E-state index contributed by atoms with van der Waals surface area (Å²) in [6.45, 7) is 8.10. The molecule has 3 heterocycles. The smallest absolute Gasteiger partial charge is 0.316 e. The number of nitrogens with two attached hydrogens (primary N) is 1. The van der Waals surface area contributed by atoms with E-state index in [1.54, 1.807) is 45.6 Å². The van der Waals surface area contributed by atoms with Gasteiger partial charge in [-0.1, -0.05) is 11.6 Å². The molecular formula is C30H39ClN8O4. The van der Waals surface area contributed by atoms with E-state index in [4.69, 9.17) is 41.5 Å². The number of ether oxygens (including phenoxy) is 3. The number of methoxy groups -OCH3 is 1. The van der Waals surface area contributed by atoms with Gasteiger partial charge in [0, 0.05) is 55.8 Å². The van der Waals surface area contributed by atoms with Gasteiger partial charge in [-0.05, 0) is 51.6 Å². The van der Waals surface area contributed by atoms with Gasteiger partial charge in [-0.3, -0.25) is 4.99 Å². The minimum Gasteiger partial charge on any atom is -0.491 e. The summed E-state index contributed by atoms with van der Waals surface area (Å²) in [5.74, 6) is 1.64. The lowest BCUT2D eigenvalue weighted by Gasteiger charge is -2.22. The Hall–Kier alpha value is -3.84. The largest absolute Gasteiger partial charge is 0.491 e. The number of nitrogens with one attached hydrogen (secondary N) is 1. The Balaban J connectivity index is 1.77. The molecule has 2 aromatic heterocycles. The van der Waals surface area contributed by atoms with Crippen LogP contribution >= 0.6 is 11.6 Å². The van der Waals surface area contributed by atoms with E-state index in [9.17, 15) is 5.11 Å². The molecule has 0 fully saturated rings. The quantitative estimate of drug-likeness (QED) is 0.193. The van der Waals surface area contributed by atoms with Crippen molar-refractivity contribution < 1.29 is 19.3 Å². The molecule has 230 valence electrons. The van der Waals surface area contributed by atoms with Crippen molar-refractivity contribution in [2.24, 2.45) is 10.7 Å². The molecule has 4 rings (SSSR count). The SMILES string of the molecule is CN=C(C(C)=C(C)N)c1nc(-c2cc(OC[C@H](O)CNC)ccc2Cl)nc(N2Cc3cnc(OCCOC)nc3C2)c1C. The van der Waals surface area contributed by atoms with Crippen molar-refractivity contribution >= 4 is 23.1 Å². The first-order valence-electron chi connectivity index (χ1n) is 13.9. The molecule has 0 saturated carbocycles.